The Morgan fingerprint density at radius 2 is 2.06 bits per heavy atom. The Morgan fingerprint density at radius 3 is 2.62 bits per heavy atom. The lowest BCUT2D eigenvalue weighted by atomic mass is 9.99. The second kappa shape index (κ2) is 5.00. The van der Waals surface area contributed by atoms with E-state index in [0.717, 1.165) is 11.7 Å². The first-order valence-electron chi connectivity index (χ1n) is 6.41. The van der Waals surface area contributed by atoms with Crippen LogP contribution in [-0.4, -0.2) is 15.6 Å². The van der Waals surface area contributed by atoms with Crippen LogP contribution in [0.1, 0.15) is 51.4 Å². The first-order chi connectivity index (χ1) is 7.68. The minimum absolute atomic E-state index is 0.343. The summed E-state index contributed by atoms with van der Waals surface area (Å²) < 4.78 is 2.10. The van der Waals surface area contributed by atoms with Gasteiger partial charge in [0.05, 0.1) is 6.04 Å². The third-order valence-electron chi connectivity index (χ3n) is 3.87. The molecule has 0 aromatic carbocycles. The van der Waals surface area contributed by atoms with Crippen LogP contribution in [0, 0.1) is 5.92 Å². The molecule has 0 spiro atoms. The number of imidazole rings is 1. The van der Waals surface area contributed by atoms with E-state index in [0.29, 0.717) is 12.1 Å². The van der Waals surface area contributed by atoms with Crippen molar-refractivity contribution in [2.75, 3.05) is 0 Å². The highest BCUT2D eigenvalue weighted by atomic mass is 15.1. The molecule has 0 bridgehead atoms. The Kier molecular flexibility index (Phi) is 3.64. The van der Waals surface area contributed by atoms with Crippen molar-refractivity contribution in [1.29, 1.82) is 0 Å². The molecule has 16 heavy (non-hydrogen) atoms. The number of aromatic nitrogens is 2. The Hall–Kier alpha value is -0.830. The maximum atomic E-state index is 4.40. The van der Waals surface area contributed by atoms with Crippen LogP contribution in [0.4, 0.5) is 0 Å². The standard InChI is InChI=1S/C13H23N3/c1-10(12-6-4-5-7-12)15-11(2)13-14-8-9-16(13)3/h8-12,15H,4-7H2,1-3H3. The van der Waals surface area contributed by atoms with Crippen LogP contribution in [0.3, 0.4) is 0 Å². The summed E-state index contributed by atoms with van der Waals surface area (Å²) in [5, 5.41) is 3.68. The van der Waals surface area contributed by atoms with Gasteiger partial charge >= 0.3 is 0 Å². The summed E-state index contributed by atoms with van der Waals surface area (Å²) in [7, 11) is 2.06. The molecule has 0 amide bonds. The predicted octanol–water partition coefficient (Wildman–Crippen LogP) is 2.65. The van der Waals surface area contributed by atoms with E-state index in [1.54, 1.807) is 0 Å². The lowest BCUT2D eigenvalue weighted by molar-refractivity contribution is 0.344. The fourth-order valence-electron chi connectivity index (χ4n) is 2.86. The molecule has 1 aromatic rings. The maximum absolute atomic E-state index is 4.40. The topological polar surface area (TPSA) is 29.9 Å². The number of hydrogen-bond acceptors (Lipinski definition) is 2. The van der Waals surface area contributed by atoms with E-state index in [4.69, 9.17) is 0 Å². The summed E-state index contributed by atoms with van der Waals surface area (Å²) >= 11 is 0. The average Bonchev–Trinajstić information content (AvgIpc) is 2.86. The Morgan fingerprint density at radius 1 is 1.38 bits per heavy atom. The third kappa shape index (κ3) is 2.46. The molecule has 0 aliphatic heterocycles. The summed E-state index contributed by atoms with van der Waals surface area (Å²) in [4.78, 5) is 4.40. The van der Waals surface area contributed by atoms with Gasteiger partial charge in [-0.15, -0.1) is 0 Å². The van der Waals surface area contributed by atoms with E-state index in [1.165, 1.54) is 25.7 Å². The molecule has 2 rings (SSSR count). The van der Waals surface area contributed by atoms with Crippen LogP contribution in [-0.2, 0) is 7.05 Å². The van der Waals surface area contributed by atoms with Gasteiger partial charge in [0.25, 0.3) is 0 Å². The molecule has 1 heterocycles. The quantitative estimate of drug-likeness (QED) is 0.847. The average molecular weight is 221 g/mol. The van der Waals surface area contributed by atoms with Gasteiger partial charge < -0.3 is 9.88 Å². The molecule has 0 saturated heterocycles. The number of nitrogens with one attached hydrogen (secondary N) is 1. The second-order valence-electron chi connectivity index (χ2n) is 5.12. The second-order valence-corrected chi connectivity index (χ2v) is 5.12. The first kappa shape index (κ1) is 11.6. The number of nitrogens with zero attached hydrogens (tertiary/aromatic N) is 2. The molecule has 2 atom stereocenters. The summed E-state index contributed by atoms with van der Waals surface area (Å²) in [6.07, 6.45) is 9.48. The zero-order chi connectivity index (χ0) is 11.5. The van der Waals surface area contributed by atoms with Crippen molar-refractivity contribution in [1.82, 2.24) is 14.9 Å². The number of rotatable bonds is 4. The fraction of sp³-hybridized carbons (Fsp3) is 0.769. The van der Waals surface area contributed by atoms with Crippen molar-refractivity contribution < 1.29 is 0 Å². The van der Waals surface area contributed by atoms with Crippen LogP contribution in [0.15, 0.2) is 12.4 Å². The van der Waals surface area contributed by atoms with Gasteiger partial charge in [0.1, 0.15) is 5.82 Å². The summed E-state index contributed by atoms with van der Waals surface area (Å²) in [6, 6.07) is 0.949. The van der Waals surface area contributed by atoms with Crippen molar-refractivity contribution in [2.45, 2.75) is 51.6 Å². The normalized spacial score (nSPS) is 21.2. The van der Waals surface area contributed by atoms with E-state index in [2.05, 4.69) is 35.8 Å². The van der Waals surface area contributed by atoms with E-state index in [1.807, 2.05) is 12.4 Å². The van der Waals surface area contributed by atoms with Gasteiger partial charge in [-0.05, 0) is 32.6 Å². The SMILES string of the molecule is CC(NC(C)C1CCCC1)c1nccn1C. The van der Waals surface area contributed by atoms with E-state index in [-0.39, 0.29) is 0 Å². The van der Waals surface area contributed by atoms with Crippen molar-refractivity contribution >= 4 is 0 Å². The molecular weight excluding hydrogens is 198 g/mol. The highest BCUT2D eigenvalue weighted by Gasteiger charge is 2.23. The lowest BCUT2D eigenvalue weighted by Gasteiger charge is -2.24. The van der Waals surface area contributed by atoms with Crippen molar-refractivity contribution in [3.05, 3.63) is 18.2 Å². The molecule has 1 aromatic heterocycles. The first-order valence-corrected chi connectivity index (χ1v) is 6.41. The minimum Gasteiger partial charge on any atom is -0.337 e. The van der Waals surface area contributed by atoms with Gasteiger partial charge in [-0.25, -0.2) is 4.98 Å². The number of hydrogen-bond donors (Lipinski definition) is 1. The van der Waals surface area contributed by atoms with Gasteiger partial charge in [0.15, 0.2) is 0 Å². The van der Waals surface area contributed by atoms with Crippen LogP contribution in [0.5, 0.6) is 0 Å². The monoisotopic (exact) mass is 221 g/mol. The smallest absolute Gasteiger partial charge is 0.125 e. The number of aryl methyl sites for hydroxylation is 1. The summed E-state index contributed by atoms with van der Waals surface area (Å²) in [6.45, 7) is 4.52. The van der Waals surface area contributed by atoms with Gasteiger partial charge in [-0.3, -0.25) is 0 Å². The van der Waals surface area contributed by atoms with Crippen molar-refractivity contribution in [2.24, 2.45) is 13.0 Å². The molecule has 1 N–H and O–H groups in total. The molecule has 90 valence electrons. The minimum atomic E-state index is 0.343. The van der Waals surface area contributed by atoms with E-state index < -0.39 is 0 Å². The molecule has 0 radical (unpaired) electrons. The van der Waals surface area contributed by atoms with Gasteiger partial charge in [-0.1, -0.05) is 12.8 Å². The largest absolute Gasteiger partial charge is 0.337 e. The maximum Gasteiger partial charge on any atom is 0.125 e. The van der Waals surface area contributed by atoms with Crippen LogP contribution >= 0.6 is 0 Å². The molecule has 1 fully saturated rings. The molecule has 3 heteroatoms. The zero-order valence-corrected chi connectivity index (χ0v) is 10.6. The van der Waals surface area contributed by atoms with Crippen LogP contribution in [0.2, 0.25) is 0 Å². The van der Waals surface area contributed by atoms with Crippen molar-refractivity contribution in [3.63, 3.8) is 0 Å². The zero-order valence-electron chi connectivity index (χ0n) is 10.6. The fourth-order valence-corrected chi connectivity index (χ4v) is 2.86. The van der Waals surface area contributed by atoms with E-state index in [9.17, 15) is 0 Å². The van der Waals surface area contributed by atoms with Gasteiger partial charge in [0, 0.05) is 25.5 Å². The molecule has 2 unspecified atom stereocenters. The van der Waals surface area contributed by atoms with Gasteiger partial charge in [0.2, 0.25) is 0 Å². The summed E-state index contributed by atoms with van der Waals surface area (Å²) in [5.74, 6) is 1.99. The molecule has 1 saturated carbocycles. The molecule has 1 aliphatic rings. The Bertz CT molecular complexity index is 326. The molecular formula is C13H23N3. The molecule has 3 nitrogen and oxygen atoms in total. The van der Waals surface area contributed by atoms with Crippen molar-refractivity contribution in [3.8, 4) is 0 Å². The lowest BCUT2D eigenvalue weighted by Crippen LogP contribution is -2.35. The Balaban J connectivity index is 1.91. The van der Waals surface area contributed by atoms with Crippen LogP contribution in [0.25, 0.3) is 0 Å². The third-order valence-corrected chi connectivity index (χ3v) is 3.87. The molecule has 1 aliphatic carbocycles. The predicted molar refractivity (Wildman–Crippen MR) is 66.2 cm³/mol. The van der Waals surface area contributed by atoms with E-state index >= 15 is 0 Å². The Labute approximate surface area is 98.3 Å². The van der Waals surface area contributed by atoms with Gasteiger partial charge in [-0.2, -0.15) is 0 Å². The summed E-state index contributed by atoms with van der Waals surface area (Å²) in [5.41, 5.74) is 0. The highest BCUT2D eigenvalue weighted by Crippen LogP contribution is 2.28. The highest BCUT2D eigenvalue weighted by molar-refractivity contribution is 4.98. The van der Waals surface area contributed by atoms with Crippen LogP contribution < -0.4 is 5.32 Å².